The molecule has 2 aromatic rings. The van der Waals surface area contributed by atoms with Crippen molar-refractivity contribution in [3.05, 3.63) is 41.2 Å². The number of esters is 1. The van der Waals surface area contributed by atoms with E-state index in [1.807, 2.05) is 0 Å². The number of benzene rings is 1. The zero-order chi connectivity index (χ0) is 25.2. The van der Waals surface area contributed by atoms with Gasteiger partial charge in [-0.25, -0.2) is 17.9 Å². The van der Waals surface area contributed by atoms with Crippen molar-refractivity contribution in [3.63, 3.8) is 0 Å². The van der Waals surface area contributed by atoms with E-state index in [9.17, 15) is 33.3 Å². The lowest BCUT2D eigenvalue weighted by Gasteiger charge is -2.21. The number of hydrogen-bond donors (Lipinski definition) is 4. The fourth-order valence-corrected chi connectivity index (χ4v) is 4.14. The summed E-state index contributed by atoms with van der Waals surface area (Å²) in [5.41, 5.74) is 0.590. The molecule has 2 heterocycles. The predicted molar refractivity (Wildman–Crippen MR) is 123 cm³/mol. The fourth-order valence-electron chi connectivity index (χ4n) is 3.74. The lowest BCUT2D eigenvalue weighted by atomic mass is 9.94. The molecule has 11 heteroatoms. The molecule has 0 saturated heterocycles. The molecule has 0 amide bonds. The molecule has 1 aliphatic heterocycles. The van der Waals surface area contributed by atoms with Crippen LogP contribution in [0.25, 0.3) is 11.0 Å². The first kappa shape index (κ1) is 25.9. The maximum Gasteiger partial charge on any atom is 0.342 e. The number of hydrogen-bond acceptors (Lipinski definition) is 9. The normalized spacial score (nSPS) is 26.0. The van der Waals surface area contributed by atoms with Gasteiger partial charge < -0.3 is 24.5 Å². The molecule has 34 heavy (non-hydrogen) atoms. The van der Waals surface area contributed by atoms with Crippen LogP contribution in [-0.4, -0.2) is 60.1 Å². The number of fused-ring (bicyclic) bond motifs is 3. The van der Waals surface area contributed by atoms with Gasteiger partial charge in [0.2, 0.25) is 10.0 Å². The summed E-state index contributed by atoms with van der Waals surface area (Å²) in [6, 6.07) is 2.85. The largest absolute Gasteiger partial charge is 0.507 e. The number of aliphatic hydroxyl groups excluding tert-OH is 2. The van der Waals surface area contributed by atoms with E-state index in [0.717, 1.165) is 6.26 Å². The van der Waals surface area contributed by atoms with Crippen LogP contribution >= 0.6 is 0 Å². The van der Waals surface area contributed by atoms with E-state index < -0.39 is 46.0 Å². The highest BCUT2D eigenvalue weighted by Crippen LogP contribution is 2.35. The molecule has 0 radical (unpaired) electrons. The minimum absolute atomic E-state index is 0.0536. The topological polar surface area (TPSA) is 163 Å². The number of rotatable bonds is 3. The third kappa shape index (κ3) is 6.03. The van der Waals surface area contributed by atoms with Crippen molar-refractivity contribution in [2.24, 2.45) is 5.92 Å². The van der Waals surface area contributed by atoms with Crippen molar-refractivity contribution in [2.75, 3.05) is 6.26 Å². The zero-order valence-corrected chi connectivity index (χ0v) is 20.0. The summed E-state index contributed by atoms with van der Waals surface area (Å²) in [5, 5.41) is 31.5. The SMILES string of the molecule is CC1/C=C\C(=O)C(O)[C@@H](O)CCCc2c(c(O)cc3oc(CNS(C)(=O)=O)cc23)C(=O)O[C@H]1C. The molecular weight excluding hydrogens is 466 g/mol. The van der Waals surface area contributed by atoms with Gasteiger partial charge in [-0.15, -0.1) is 0 Å². The average molecular weight is 496 g/mol. The van der Waals surface area contributed by atoms with Crippen molar-refractivity contribution >= 4 is 32.7 Å². The number of aromatic hydroxyl groups is 1. The Hall–Kier alpha value is -2.73. The van der Waals surface area contributed by atoms with Gasteiger partial charge >= 0.3 is 5.97 Å². The lowest BCUT2D eigenvalue weighted by molar-refractivity contribution is -0.128. The second kappa shape index (κ2) is 10.3. The van der Waals surface area contributed by atoms with Gasteiger partial charge in [0, 0.05) is 17.4 Å². The number of sulfonamides is 1. The molecule has 4 N–H and O–H groups in total. The van der Waals surface area contributed by atoms with Gasteiger partial charge in [-0.3, -0.25) is 4.79 Å². The summed E-state index contributed by atoms with van der Waals surface area (Å²) in [4.78, 5) is 25.2. The summed E-state index contributed by atoms with van der Waals surface area (Å²) in [6.07, 6.45) is 0.614. The first-order chi connectivity index (χ1) is 15.9. The summed E-state index contributed by atoms with van der Waals surface area (Å²) in [7, 11) is -3.47. The maximum atomic E-state index is 13.1. The van der Waals surface area contributed by atoms with Crippen molar-refractivity contribution < 1.29 is 42.5 Å². The van der Waals surface area contributed by atoms with Gasteiger partial charge in [-0.1, -0.05) is 13.0 Å². The van der Waals surface area contributed by atoms with Crippen LogP contribution in [0, 0.1) is 5.92 Å². The van der Waals surface area contributed by atoms with E-state index in [-0.39, 0.29) is 48.5 Å². The predicted octanol–water partition coefficient (Wildman–Crippen LogP) is 1.55. The standard InChI is InChI=1S/C23H29NO9S/c1-12-7-8-18(26)22(28)17(25)6-4-5-15-16-9-14(11-24-34(3,30)31)33-20(16)10-19(27)21(15)23(29)32-13(12)2/h7-10,12-13,17,22,24-25,27-28H,4-6,11H2,1-3H3/b8-7-/t12?,13-,17-,22?/m0/s1. The van der Waals surface area contributed by atoms with Crippen LogP contribution in [0.1, 0.15) is 48.4 Å². The van der Waals surface area contributed by atoms with Gasteiger partial charge in [0.05, 0.1) is 18.9 Å². The van der Waals surface area contributed by atoms with Crippen molar-refractivity contribution in [3.8, 4) is 5.75 Å². The minimum Gasteiger partial charge on any atom is -0.507 e. The van der Waals surface area contributed by atoms with E-state index in [0.29, 0.717) is 10.9 Å². The van der Waals surface area contributed by atoms with Gasteiger partial charge in [0.25, 0.3) is 0 Å². The Morgan fingerprint density at radius 1 is 1.18 bits per heavy atom. The zero-order valence-electron chi connectivity index (χ0n) is 19.1. The number of carbonyl (C=O) groups is 2. The Balaban J connectivity index is 2.06. The Morgan fingerprint density at radius 2 is 1.88 bits per heavy atom. The van der Waals surface area contributed by atoms with Crippen molar-refractivity contribution in [1.82, 2.24) is 4.72 Å². The van der Waals surface area contributed by atoms with Gasteiger partial charge in [0.15, 0.2) is 5.78 Å². The number of ketones is 1. The Labute approximate surface area is 197 Å². The fraction of sp³-hybridized carbons (Fsp3) is 0.478. The third-order valence-electron chi connectivity index (χ3n) is 5.86. The van der Waals surface area contributed by atoms with Crippen LogP contribution in [0.4, 0.5) is 0 Å². The number of nitrogens with one attached hydrogen (secondary N) is 1. The van der Waals surface area contributed by atoms with Crippen LogP contribution in [0.2, 0.25) is 0 Å². The first-order valence-corrected chi connectivity index (χ1v) is 12.8. The van der Waals surface area contributed by atoms with E-state index in [4.69, 9.17) is 9.15 Å². The second-order valence-electron chi connectivity index (χ2n) is 8.60. The lowest BCUT2D eigenvalue weighted by Crippen LogP contribution is -2.33. The summed E-state index contributed by atoms with van der Waals surface area (Å²) in [5.74, 6) is -1.88. The van der Waals surface area contributed by atoms with Gasteiger partial charge in [-0.05, 0) is 43.9 Å². The van der Waals surface area contributed by atoms with Crippen LogP contribution < -0.4 is 4.72 Å². The molecule has 0 bridgehead atoms. The molecule has 3 rings (SSSR count). The molecule has 1 aliphatic rings. The quantitative estimate of drug-likeness (QED) is 0.463. The van der Waals surface area contributed by atoms with Crippen molar-refractivity contribution in [2.45, 2.75) is 58.0 Å². The molecule has 1 aromatic heterocycles. The molecule has 1 aromatic carbocycles. The highest BCUT2D eigenvalue weighted by atomic mass is 32.2. The number of aryl methyl sites for hydroxylation is 1. The molecule has 2 unspecified atom stereocenters. The Bertz CT molecular complexity index is 1210. The van der Waals surface area contributed by atoms with Crippen LogP contribution in [0.15, 0.2) is 28.7 Å². The average Bonchev–Trinajstić information content (AvgIpc) is 3.16. The second-order valence-corrected chi connectivity index (χ2v) is 10.4. The molecule has 10 nitrogen and oxygen atoms in total. The Kier molecular flexibility index (Phi) is 7.81. The highest BCUT2D eigenvalue weighted by molar-refractivity contribution is 7.88. The van der Waals surface area contributed by atoms with E-state index in [2.05, 4.69) is 4.72 Å². The van der Waals surface area contributed by atoms with E-state index in [1.54, 1.807) is 19.9 Å². The molecule has 186 valence electrons. The van der Waals surface area contributed by atoms with Gasteiger partial charge in [0.1, 0.15) is 34.9 Å². The number of carbonyl (C=O) groups excluding carboxylic acids is 2. The number of furan rings is 1. The Morgan fingerprint density at radius 3 is 2.56 bits per heavy atom. The first-order valence-electron chi connectivity index (χ1n) is 10.9. The van der Waals surface area contributed by atoms with Crippen LogP contribution in [0.5, 0.6) is 5.75 Å². The van der Waals surface area contributed by atoms with Crippen LogP contribution in [0.3, 0.4) is 0 Å². The molecule has 0 aliphatic carbocycles. The minimum atomic E-state index is -3.47. The van der Waals surface area contributed by atoms with E-state index in [1.165, 1.54) is 18.2 Å². The molecule has 0 fully saturated rings. The van der Waals surface area contributed by atoms with E-state index >= 15 is 0 Å². The number of phenolic OH excluding ortho intramolecular Hbond substituents is 1. The summed E-state index contributed by atoms with van der Waals surface area (Å²) in [6.45, 7) is 3.23. The number of cyclic esters (lactones) is 1. The third-order valence-corrected chi connectivity index (χ3v) is 6.52. The van der Waals surface area contributed by atoms with Gasteiger partial charge in [-0.2, -0.15) is 0 Å². The molecule has 4 atom stereocenters. The summed E-state index contributed by atoms with van der Waals surface area (Å²) >= 11 is 0. The molecular formula is C23H29NO9S. The number of ether oxygens (including phenoxy) is 1. The smallest absolute Gasteiger partial charge is 0.342 e. The monoisotopic (exact) mass is 495 g/mol. The molecule has 0 saturated carbocycles. The number of phenols is 1. The van der Waals surface area contributed by atoms with Crippen LogP contribution in [-0.2, 0) is 32.5 Å². The molecule has 0 spiro atoms. The van der Waals surface area contributed by atoms with Crippen molar-refractivity contribution in [1.29, 1.82) is 0 Å². The number of aliphatic hydroxyl groups is 2. The summed E-state index contributed by atoms with van der Waals surface area (Å²) < 4.78 is 36.4. The maximum absolute atomic E-state index is 13.1. The highest BCUT2D eigenvalue weighted by Gasteiger charge is 2.28.